The number of hydrogen-bond donors (Lipinski definition) is 1. The Balaban J connectivity index is 1.55. The summed E-state index contributed by atoms with van der Waals surface area (Å²) in [5.74, 6) is 0.0466. The fraction of sp³-hybridized carbons (Fsp3) is 0.389. The van der Waals surface area contributed by atoms with Crippen molar-refractivity contribution in [3.8, 4) is 0 Å². The zero-order chi connectivity index (χ0) is 17.6. The second kappa shape index (κ2) is 8.11. The molecule has 2 aromatic heterocycles. The van der Waals surface area contributed by atoms with E-state index in [2.05, 4.69) is 10.3 Å². The molecule has 1 aliphatic heterocycles. The van der Waals surface area contributed by atoms with Gasteiger partial charge in [0.15, 0.2) is 0 Å². The molecule has 25 heavy (non-hydrogen) atoms. The molecule has 0 bridgehead atoms. The molecule has 0 aromatic carbocycles. The maximum Gasteiger partial charge on any atom is 0.317 e. The number of pyridine rings is 1. The summed E-state index contributed by atoms with van der Waals surface area (Å²) >= 11 is 1.52. The summed E-state index contributed by atoms with van der Waals surface area (Å²) in [6.07, 6.45) is 2.50. The van der Waals surface area contributed by atoms with Crippen LogP contribution in [0.15, 0.2) is 41.2 Å². The third kappa shape index (κ3) is 4.36. The van der Waals surface area contributed by atoms with E-state index in [1.807, 2.05) is 46.8 Å². The summed E-state index contributed by atoms with van der Waals surface area (Å²) in [7, 11) is 0. The van der Waals surface area contributed by atoms with E-state index < -0.39 is 0 Å². The molecule has 2 aromatic rings. The zero-order valence-electron chi connectivity index (χ0n) is 14.2. The van der Waals surface area contributed by atoms with E-state index in [0.717, 1.165) is 17.7 Å². The standard InChI is InChI=1S/C18H22N4O2S/c1-14(16-5-2-3-7-19-16)20-18(24)22-9-4-8-21(10-11-22)17(23)15-6-12-25-13-15/h2-3,5-7,12-14H,4,8-11H2,1H3,(H,20,24). The number of urea groups is 1. The van der Waals surface area contributed by atoms with Crippen LogP contribution in [-0.4, -0.2) is 52.9 Å². The van der Waals surface area contributed by atoms with E-state index >= 15 is 0 Å². The number of rotatable bonds is 3. The number of amides is 3. The molecule has 1 N–H and O–H groups in total. The lowest BCUT2D eigenvalue weighted by Gasteiger charge is -2.24. The Morgan fingerprint density at radius 3 is 2.68 bits per heavy atom. The van der Waals surface area contributed by atoms with Gasteiger partial charge < -0.3 is 15.1 Å². The van der Waals surface area contributed by atoms with Gasteiger partial charge in [-0.3, -0.25) is 9.78 Å². The van der Waals surface area contributed by atoms with Crippen molar-refractivity contribution in [2.75, 3.05) is 26.2 Å². The van der Waals surface area contributed by atoms with Gasteiger partial charge in [-0.05, 0) is 36.9 Å². The Morgan fingerprint density at radius 2 is 1.96 bits per heavy atom. The van der Waals surface area contributed by atoms with Crippen molar-refractivity contribution in [2.45, 2.75) is 19.4 Å². The molecule has 6 nitrogen and oxygen atoms in total. The van der Waals surface area contributed by atoms with Crippen molar-refractivity contribution in [1.29, 1.82) is 0 Å². The molecule has 0 spiro atoms. The zero-order valence-corrected chi connectivity index (χ0v) is 15.0. The summed E-state index contributed by atoms with van der Waals surface area (Å²) < 4.78 is 0. The molecule has 1 aliphatic rings. The molecule has 3 rings (SSSR count). The molecule has 1 atom stereocenters. The molecule has 0 saturated carbocycles. The van der Waals surface area contributed by atoms with E-state index in [1.54, 1.807) is 11.1 Å². The van der Waals surface area contributed by atoms with Gasteiger partial charge in [-0.15, -0.1) is 0 Å². The summed E-state index contributed by atoms with van der Waals surface area (Å²) in [6, 6.07) is 7.24. The Bertz CT molecular complexity index is 705. The molecule has 1 unspecified atom stereocenters. The number of carbonyl (C=O) groups is 2. The molecule has 132 valence electrons. The van der Waals surface area contributed by atoms with Gasteiger partial charge in [-0.2, -0.15) is 11.3 Å². The highest BCUT2D eigenvalue weighted by molar-refractivity contribution is 7.08. The maximum atomic E-state index is 12.5. The molecule has 7 heteroatoms. The lowest BCUT2D eigenvalue weighted by Crippen LogP contribution is -2.43. The quantitative estimate of drug-likeness (QED) is 0.917. The SMILES string of the molecule is CC(NC(=O)N1CCCN(C(=O)c2ccsc2)CC1)c1ccccn1. The van der Waals surface area contributed by atoms with Crippen LogP contribution in [0.1, 0.15) is 35.4 Å². The largest absolute Gasteiger partial charge is 0.337 e. The monoisotopic (exact) mass is 358 g/mol. The molecule has 1 saturated heterocycles. The van der Waals surface area contributed by atoms with E-state index in [0.29, 0.717) is 26.2 Å². The van der Waals surface area contributed by atoms with Gasteiger partial charge in [-0.1, -0.05) is 6.07 Å². The molecule has 0 radical (unpaired) electrons. The van der Waals surface area contributed by atoms with E-state index in [-0.39, 0.29) is 18.0 Å². The van der Waals surface area contributed by atoms with Gasteiger partial charge in [0, 0.05) is 37.8 Å². The van der Waals surface area contributed by atoms with Crippen molar-refractivity contribution in [1.82, 2.24) is 20.1 Å². The third-order valence-corrected chi connectivity index (χ3v) is 4.99. The van der Waals surface area contributed by atoms with Crippen molar-refractivity contribution in [2.24, 2.45) is 0 Å². The first-order chi connectivity index (χ1) is 12.1. The van der Waals surface area contributed by atoms with Crippen LogP contribution < -0.4 is 5.32 Å². The average Bonchev–Trinajstić information content (AvgIpc) is 3.06. The minimum atomic E-state index is -0.152. The summed E-state index contributed by atoms with van der Waals surface area (Å²) in [6.45, 7) is 4.34. The summed E-state index contributed by atoms with van der Waals surface area (Å²) in [4.78, 5) is 32.9. The first kappa shape index (κ1) is 17.4. The Labute approximate surface area is 151 Å². The second-order valence-electron chi connectivity index (χ2n) is 6.07. The van der Waals surface area contributed by atoms with Crippen LogP contribution in [0.2, 0.25) is 0 Å². The predicted molar refractivity (Wildman–Crippen MR) is 97.6 cm³/mol. The van der Waals surface area contributed by atoms with Crippen molar-refractivity contribution in [3.05, 3.63) is 52.5 Å². The minimum absolute atomic E-state index is 0.0466. The van der Waals surface area contributed by atoms with Crippen molar-refractivity contribution in [3.63, 3.8) is 0 Å². The molecular formula is C18H22N4O2S. The topological polar surface area (TPSA) is 65.5 Å². The highest BCUT2D eigenvalue weighted by Crippen LogP contribution is 2.13. The van der Waals surface area contributed by atoms with Crippen LogP contribution in [0, 0.1) is 0 Å². The van der Waals surface area contributed by atoms with E-state index in [9.17, 15) is 9.59 Å². The molecule has 3 heterocycles. The number of nitrogens with zero attached hydrogens (tertiary/aromatic N) is 3. The van der Waals surface area contributed by atoms with Gasteiger partial charge in [0.05, 0.1) is 17.3 Å². The third-order valence-electron chi connectivity index (χ3n) is 4.31. The van der Waals surface area contributed by atoms with Gasteiger partial charge in [-0.25, -0.2) is 4.79 Å². The number of thiophene rings is 1. The maximum absolute atomic E-state index is 12.5. The normalized spacial score (nSPS) is 16.2. The fourth-order valence-corrected chi connectivity index (χ4v) is 3.50. The number of nitrogens with one attached hydrogen (secondary N) is 1. The molecule has 0 aliphatic carbocycles. The van der Waals surface area contributed by atoms with Crippen LogP contribution in [0.4, 0.5) is 4.79 Å². The van der Waals surface area contributed by atoms with Crippen LogP contribution in [0.3, 0.4) is 0 Å². The smallest absolute Gasteiger partial charge is 0.317 e. The number of aromatic nitrogens is 1. The van der Waals surface area contributed by atoms with Crippen molar-refractivity contribution >= 4 is 23.3 Å². The fourth-order valence-electron chi connectivity index (χ4n) is 2.87. The van der Waals surface area contributed by atoms with Crippen LogP contribution >= 0.6 is 11.3 Å². The van der Waals surface area contributed by atoms with Gasteiger partial charge >= 0.3 is 6.03 Å². The lowest BCUT2D eigenvalue weighted by atomic mass is 10.2. The Hall–Kier alpha value is -2.41. The predicted octanol–water partition coefficient (Wildman–Crippen LogP) is 2.76. The van der Waals surface area contributed by atoms with Gasteiger partial charge in [0.2, 0.25) is 0 Å². The number of carbonyl (C=O) groups excluding carboxylic acids is 2. The van der Waals surface area contributed by atoms with Gasteiger partial charge in [0.25, 0.3) is 5.91 Å². The molecule has 3 amide bonds. The molecular weight excluding hydrogens is 336 g/mol. The first-order valence-corrected chi connectivity index (χ1v) is 9.37. The van der Waals surface area contributed by atoms with E-state index in [1.165, 1.54) is 11.3 Å². The Kier molecular flexibility index (Phi) is 5.65. The summed E-state index contributed by atoms with van der Waals surface area (Å²) in [5.41, 5.74) is 1.56. The Morgan fingerprint density at radius 1 is 1.16 bits per heavy atom. The lowest BCUT2D eigenvalue weighted by molar-refractivity contribution is 0.0762. The minimum Gasteiger partial charge on any atom is -0.337 e. The van der Waals surface area contributed by atoms with Gasteiger partial charge in [0.1, 0.15) is 0 Å². The van der Waals surface area contributed by atoms with Crippen molar-refractivity contribution < 1.29 is 9.59 Å². The first-order valence-electron chi connectivity index (χ1n) is 8.43. The van der Waals surface area contributed by atoms with Crippen LogP contribution in [0.5, 0.6) is 0 Å². The van der Waals surface area contributed by atoms with Crippen LogP contribution in [-0.2, 0) is 0 Å². The average molecular weight is 358 g/mol. The molecule has 1 fully saturated rings. The van der Waals surface area contributed by atoms with Crippen LogP contribution in [0.25, 0.3) is 0 Å². The number of hydrogen-bond acceptors (Lipinski definition) is 4. The second-order valence-corrected chi connectivity index (χ2v) is 6.85. The summed E-state index contributed by atoms with van der Waals surface area (Å²) in [5, 5.41) is 6.76. The highest BCUT2D eigenvalue weighted by Gasteiger charge is 2.24. The van der Waals surface area contributed by atoms with E-state index in [4.69, 9.17) is 0 Å². The highest BCUT2D eigenvalue weighted by atomic mass is 32.1.